The van der Waals surface area contributed by atoms with Gasteiger partial charge in [0.25, 0.3) is 0 Å². The van der Waals surface area contributed by atoms with Crippen LogP contribution < -0.4 is 0 Å². The third-order valence-electron chi connectivity index (χ3n) is 7.25. The number of ketones is 1. The summed E-state index contributed by atoms with van der Waals surface area (Å²) in [4.78, 5) is 11.6. The van der Waals surface area contributed by atoms with Crippen LogP contribution in [-0.4, -0.2) is 5.78 Å². The van der Waals surface area contributed by atoms with Gasteiger partial charge in [-0.05, 0) is 18.8 Å². The molecule has 1 nitrogen and oxygen atoms in total. The van der Waals surface area contributed by atoms with Gasteiger partial charge in [-0.25, -0.2) is 0 Å². The van der Waals surface area contributed by atoms with Gasteiger partial charge in [0.05, 0.1) is 0 Å². The Bertz CT molecular complexity index is 361. The summed E-state index contributed by atoms with van der Waals surface area (Å²) in [5.74, 6) is 1.20. The first-order valence-corrected chi connectivity index (χ1v) is 15.2. The fourth-order valence-corrected chi connectivity index (χ4v) is 4.88. The topological polar surface area (TPSA) is 17.1 Å². The largest absolute Gasteiger partial charge is 0.300 e. The quantitative estimate of drug-likeness (QED) is 0.114. The van der Waals surface area contributed by atoms with Gasteiger partial charge in [0, 0.05) is 12.8 Å². The highest BCUT2D eigenvalue weighted by Crippen LogP contribution is 2.18. The standard InChI is InChI=1S/C31H62O/c1-4-6-7-8-9-10-11-12-13-14-15-16-17-18-19-20-21-22-23-24-25-27-30(3)28-29-31(32)26-5-2/h30H,4-29H2,1-3H3. The summed E-state index contributed by atoms with van der Waals surface area (Å²) < 4.78 is 0. The minimum Gasteiger partial charge on any atom is -0.300 e. The van der Waals surface area contributed by atoms with Crippen LogP contribution in [-0.2, 0) is 4.79 Å². The molecule has 32 heavy (non-hydrogen) atoms. The molecule has 192 valence electrons. The van der Waals surface area contributed by atoms with Crippen LogP contribution in [0, 0.1) is 5.92 Å². The zero-order valence-corrected chi connectivity index (χ0v) is 22.9. The first-order valence-electron chi connectivity index (χ1n) is 15.2. The van der Waals surface area contributed by atoms with Crippen molar-refractivity contribution in [1.29, 1.82) is 0 Å². The van der Waals surface area contributed by atoms with E-state index in [1.54, 1.807) is 0 Å². The van der Waals surface area contributed by atoms with Crippen LogP contribution in [0.5, 0.6) is 0 Å². The highest BCUT2D eigenvalue weighted by molar-refractivity contribution is 5.78. The Balaban J connectivity index is 3.12. The average molecular weight is 451 g/mol. The van der Waals surface area contributed by atoms with Crippen LogP contribution in [0.15, 0.2) is 0 Å². The molecule has 0 heterocycles. The molecule has 1 heteroatoms. The molecule has 0 bridgehead atoms. The van der Waals surface area contributed by atoms with Crippen LogP contribution in [0.2, 0.25) is 0 Å². The molecule has 0 rings (SSSR count). The summed E-state index contributed by atoms with van der Waals surface area (Å²) >= 11 is 0. The molecule has 0 aliphatic heterocycles. The molecule has 1 atom stereocenters. The van der Waals surface area contributed by atoms with E-state index in [1.807, 2.05) is 0 Å². The van der Waals surface area contributed by atoms with Crippen molar-refractivity contribution in [3.63, 3.8) is 0 Å². The van der Waals surface area contributed by atoms with Gasteiger partial charge in [-0.3, -0.25) is 4.79 Å². The van der Waals surface area contributed by atoms with E-state index in [1.165, 1.54) is 141 Å². The first kappa shape index (κ1) is 31.7. The Labute approximate surface area is 204 Å². The summed E-state index contributed by atoms with van der Waals surface area (Å²) in [6.45, 7) is 6.73. The zero-order chi connectivity index (χ0) is 23.5. The molecule has 0 radical (unpaired) electrons. The van der Waals surface area contributed by atoms with E-state index in [0.29, 0.717) is 5.78 Å². The molecule has 0 saturated carbocycles. The second kappa shape index (κ2) is 26.9. The molecule has 0 aliphatic rings. The molecule has 0 aromatic carbocycles. The number of carbonyl (C=O) groups is 1. The van der Waals surface area contributed by atoms with Gasteiger partial charge in [0.2, 0.25) is 0 Å². The van der Waals surface area contributed by atoms with Crippen molar-refractivity contribution in [3.8, 4) is 0 Å². The van der Waals surface area contributed by atoms with Gasteiger partial charge in [-0.1, -0.05) is 162 Å². The van der Waals surface area contributed by atoms with Crippen molar-refractivity contribution < 1.29 is 4.79 Å². The summed E-state index contributed by atoms with van der Waals surface area (Å²) in [6.07, 6.45) is 35.5. The number of rotatable bonds is 27. The SMILES string of the molecule is CCCCCCCCCCCCCCCCCCCCCCCC(C)CCC(=O)CCC. The van der Waals surface area contributed by atoms with Crippen molar-refractivity contribution in [2.24, 2.45) is 5.92 Å². The summed E-state index contributed by atoms with van der Waals surface area (Å²) in [5.41, 5.74) is 0. The van der Waals surface area contributed by atoms with E-state index in [-0.39, 0.29) is 0 Å². The molecule has 0 aliphatic carbocycles. The summed E-state index contributed by atoms with van der Waals surface area (Å²) in [7, 11) is 0. The normalized spacial score (nSPS) is 12.3. The van der Waals surface area contributed by atoms with Gasteiger partial charge < -0.3 is 0 Å². The molecule has 0 aromatic heterocycles. The lowest BCUT2D eigenvalue weighted by Gasteiger charge is -2.10. The van der Waals surface area contributed by atoms with Crippen LogP contribution in [0.4, 0.5) is 0 Å². The average Bonchev–Trinajstić information content (AvgIpc) is 2.79. The van der Waals surface area contributed by atoms with Crippen molar-refractivity contribution in [2.45, 2.75) is 188 Å². The third-order valence-corrected chi connectivity index (χ3v) is 7.25. The van der Waals surface area contributed by atoms with Crippen LogP contribution in [0.3, 0.4) is 0 Å². The van der Waals surface area contributed by atoms with E-state index in [4.69, 9.17) is 0 Å². The molecule has 0 aromatic rings. The van der Waals surface area contributed by atoms with E-state index >= 15 is 0 Å². The molecule has 0 amide bonds. The lowest BCUT2D eigenvalue weighted by Crippen LogP contribution is -2.02. The number of hydrogen-bond acceptors (Lipinski definition) is 1. The molecule has 1 unspecified atom stereocenters. The van der Waals surface area contributed by atoms with Crippen LogP contribution >= 0.6 is 0 Å². The predicted molar refractivity (Wildman–Crippen MR) is 146 cm³/mol. The van der Waals surface area contributed by atoms with Gasteiger partial charge in [-0.15, -0.1) is 0 Å². The fourth-order valence-electron chi connectivity index (χ4n) is 4.88. The highest BCUT2D eigenvalue weighted by atomic mass is 16.1. The molecule has 0 saturated heterocycles. The lowest BCUT2D eigenvalue weighted by atomic mass is 9.95. The van der Waals surface area contributed by atoms with Crippen molar-refractivity contribution >= 4 is 5.78 Å². The summed E-state index contributed by atoms with van der Waals surface area (Å²) in [5, 5.41) is 0. The lowest BCUT2D eigenvalue weighted by molar-refractivity contribution is -0.119. The third kappa shape index (κ3) is 25.9. The van der Waals surface area contributed by atoms with E-state index in [0.717, 1.165) is 31.6 Å². The monoisotopic (exact) mass is 450 g/mol. The van der Waals surface area contributed by atoms with E-state index in [9.17, 15) is 4.79 Å². The maximum absolute atomic E-state index is 11.6. The first-order chi connectivity index (χ1) is 15.7. The number of unbranched alkanes of at least 4 members (excludes halogenated alkanes) is 20. The number of Topliss-reactive ketones (excluding diaryl/α,β-unsaturated/α-hetero) is 1. The molecular weight excluding hydrogens is 388 g/mol. The Morgan fingerprint density at radius 2 is 0.781 bits per heavy atom. The second-order valence-electron chi connectivity index (χ2n) is 10.8. The van der Waals surface area contributed by atoms with Crippen molar-refractivity contribution in [3.05, 3.63) is 0 Å². The predicted octanol–water partition coefficient (Wildman–Crippen LogP) is 11.4. The van der Waals surface area contributed by atoms with Gasteiger partial charge in [0.15, 0.2) is 0 Å². The number of hydrogen-bond donors (Lipinski definition) is 0. The Morgan fingerprint density at radius 3 is 1.12 bits per heavy atom. The van der Waals surface area contributed by atoms with Crippen LogP contribution in [0.25, 0.3) is 0 Å². The molecule has 0 N–H and O–H groups in total. The van der Waals surface area contributed by atoms with Crippen molar-refractivity contribution in [2.75, 3.05) is 0 Å². The minimum absolute atomic E-state index is 0.471. The number of carbonyl (C=O) groups excluding carboxylic acids is 1. The highest BCUT2D eigenvalue weighted by Gasteiger charge is 2.06. The van der Waals surface area contributed by atoms with Gasteiger partial charge >= 0.3 is 0 Å². The van der Waals surface area contributed by atoms with Crippen LogP contribution in [0.1, 0.15) is 188 Å². The second-order valence-corrected chi connectivity index (χ2v) is 10.8. The minimum atomic E-state index is 0.471. The van der Waals surface area contributed by atoms with Crippen molar-refractivity contribution in [1.82, 2.24) is 0 Å². The van der Waals surface area contributed by atoms with E-state index in [2.05, 4.69) is 20.8 Å². The molecule has 0 fully saturated rings. The molecular formula is C31H62O. The zero-order valence-electron chi connectivity index (χ0n) is 22.9. The smallest absolute Gasteiger partial charge is 0.132 e. The summed E-state index contributed by atoms with van der Waals surface area (Å²) in [6, 6.07) is 0. The fraction of sp³-hybridized carbons (Fsp3) is 0.968. The maximum atomic E-state index is 11.6. The Hall–Kier alpha value is -0.330. The molecule has 0 spiro atoms. The Kier molecular flexibility index (Phi) is 26.6. The Morgan fingerprint density at radius 1 is 0.438 bits per heavy atom. The van der Waals surface area contributed by atoms with E-state index < -0.39 is 0 Å². The maximum Gasteiger partial charge on any atom is 0.132 e. The van der Waals surface area contributed by atoms with Gasteiger partial charge in [0.1, 0.15) is 5.78 Å². The van der Waals surface area contributed by atoms with Gasteiger partial charge in [-0.2, -0.15) is 0 Å².